The molecule has 6 nitrogen and oxygen atoms in total. The molecular formula is C15H16BrN3O3. The summed E-state index contributed by atoms with van der Waals surface area (Å²) in [7, 11) is 0. The molecule has 2 aromatic rings. The third-order valence-corrected chi connectivity index (χ3v) is 4.36. The van der Waals surface area contributed by atoms with E-state index in [4.69, 9.17) is 4.42 Å². The first-order chi connectivity index (χ1) is 10.6. The maximum absolute atomic E-state index is 12.3. The molecule has 22 heavy (non-hydrogen) atoms. The Labute approximate surface area is 135 Å². The molecule has 0 N–H and O–H groups in total. The molecule has 0 saturated carbocycles. The van der Waals surface area contributed by atoms with Crippen molar-refractivity contribution in [2.24, 2.45) is 5.92 Å². The molecule has 3 heterocycles. The van der Waals surface area contributed by atoms with Gasteiger partial charge in [-0.2, -0.15) is 0 Å². The van der Waals surface area contributed by atoms with E-state index >= 15 is 0 Å². The molecule has 7 heteroatoms. The monoisotopic (exact) mass is 365 g/mol. The van der Waals surface area contributed by atoms with Gasteiger partial charge < -0.3 is 9.32 Å². The third-order valence-electron chi connectivity index (χ3n) is 3.93. The van der Waals surface area contributed by atoms with Crippen molar-refractivity contribution in [3.63, 3.8) is 0 Å². The predicted octanol–water partition coefficient (Wildman–Crippen LogP) is 2.15. The number of aromatic nitrogens is 2. The standard InChI is InChI=1S/C15H16BrN3O3/c16-13-2-1-12(22-13)15(21)18-7-4-11(5-8-18)9-19-10-17-6-3-14(19)20/h1-3,6,10-11H,4-5,7-9H2. The summed E-state index contributed by atoms with van der Waals surface area (Å²) in [5.74, 6) is 0.658. The second-order valence-corrected chi connectivity index (χ2v) is 6.19. The molecule has 1 aliphatic rings. The van der Waals surface area contributed by atoms with Crippen molar-refractivity contribution in [2.45, 2.75) is 19.4 Å². The van der Waals surface area contributed by atoms with Crippen molar-refractivity contribution in [1.82, 2.24) is 14.5 Å². The van der Waals surface area contributed by atoms with Crippen LogP contribution in [0.1, 0.15) is 23.4 Å². The first-order valence-corrected chi connectivity index (χ1v) is 7.98. The number of piperidine rings is 1. The predicted molar refractivity (Wildman–Crippen MR) is 83.5 cm³/mol. The number of carbonyl (C=O) groups excluding carboxylic acids is 1. The summed E-state index contributed by atoms with van der Waals surface area (Å²) in [6, 6.07) is 4.86. The minimum Gasteiger partial charge on any atom is -0.444 e. The number of hydrogen-bond acceptors (Lipinski definition) is 4. The summed E-state index contributed by atoms with van der Waals surface area (Å²) in [6.07, 6.45) is 4.81. The van der Waals surface area contributed by atoms with Crippen molar-refractivity contribution >= 4 is 21.8 Å². The summed E-state index contributed by atoms with van der Waals surface area (Å²) in [5.41, 5.74) is -0.0334. The van der Waals surface area contributed by atoms with E-state index in [2.05, 4.69) is 20.9 Å². The first-order valence-electron chi connectivity index (χ1n) is 7.18. The van der Waals surface area contributed by atoms with E-state index in [1.54, 1.807) is 27.9 Å². The largest absolute Gasteiger partial charge is 0.444 e. The summed E-state index contributed by atoms with van der Waals surface area (Å²) in [5, 5.41) is 0. The fourth-order valence-corrected chi connectivity index (χ4v) is 3.00. The summed E-state index contributed by atoms with van der Waals surface area (Å²) < 4.78 is 7.50. The normalized spacial score (nSPS) is 16.0. The number of nitrogens with zero attached hydrogens (tertiary/aromatic N) is 3. The van der Waals surface area contributed by atoms with Crippen LogP contribution in [0.3, 0.4) is 0 Å². The zero-order valence-corrected chi connectivity index (χ0v) is 13.5. The van der Waals surface area contributed by atoms with Gasteiger partial charge in [-0.15, -0.1) is 0 Å². The van der Waals surface area contributed by atoms with E-state index in [1.165, 1.54) is 12.3 Å². The minimum atomic E-state index is -0.0808. The van der Waals surface area contributed by atoms with Crippen LogP contribution in [-0.4, -0.2) is 33.4 Å². The van der Waals surface area contributed by atoms with Crippen molar-refractivity contribution < 1.29 is 9.21 Å². The summed E-state index contributed by atoms with van der Waals surface area (Å²) in [6.45, 7) is 2.01. The highest BCUT2D eigenvalue weighted by molar-refractivity contribution is 9.10. The van der Waals surface area contributed by atoms with Gasteiger partial charge in [0.15, 0.2) is 10.4 Å². The maximum Gasteiger partial charge on any atom is 0.289 e. The SMILES string of the molecule is O=C(c1ccc(Br)o1)N1CCC(Cn2cnccc2=O)CC1. The Bertz CT molecular complexity index is 717. The lowest BCUT2D eigenvalue weighted by Gasteiger charge is -2.31. The Morgan fingerprint density at radius 1 is 1.32 bits per heavy atom. The highest BCUT2D eigenvalue weighted by Gasteiger charge is 2.25. The average molecular weight is 366 g/mol. The molecule has 0 atom stereocenters. The molecule has 0 radical (unpaired) electrons. The lowest BCUT2D eigenvalue weighted by atomic mass is 9.96. The number of likely N-dealkylation sites (tertiary alicyclic amines) is 1. The van der Waals surface area contributed by atoms with Crippen molar-refractivity contribution in [3.05, 3.63) is 51.5 Å². The number of amides is 1. The lowest BCUT2D eigenvalue weighted by molar-refractivity contribution is 0.0649. The first kappa shape index (κ1) is 15.0. The van der Waals surface area contributed by atoms with Gasteiger partial charge in [-0.25, -0.2) is 4.98 Å². The zero-order valence-electron chi connectivity index (χ0n) is 11.9. The van der Waals surface area contributed by atoms with Crippen LogP contribution in [0.25, 0.3) is 0 Å². The molecule has 0 aliphatic carbocycles. The maximum atomic E-state index is 12.3. The zero-order chi connectivity index (χ0) is 15.5. The van der Waals surface area contributed by atoms with Crippen LogP contribution < -0.4 is 5.56 Å². The van der Waals surface area contributed by atoms with Crippen LogP contribution in [0.5, 0.6) is 0 Å². The fourth-order valence-electron chi connectivity index (χ4n) is 2.70. The van der Waals surface area contributed by atoms with Crippen molar-refractivity contribution in [1.29, 1.82) is 0 Å². The molecule has 1 amide bonds. The molecule has 3 rings (SSSR count). The van der Waals surface area contributed by atoms with Crippen LogP contribution in [0.15, 0.2) is 44.6 Å². The number of halogens is 1. The molecule has 2 aromatic heterocycles. The second-order valence-electron chi connectivity index (χ2n) is 5.41. The third kappa shape index (κ3) is 3.30. The smallest absolute Gasteiger partial charge is 0.289 e. The molecular weight excluding hydrogens is 350 g/mol. The Morgan fingerprint density at radius 3 is 2.73 bits per heavy atom. The molecule has 116 valence electrons. The molecule has 0 unspecified atom stereocenters. The van der Waals surface area contributed by atoms with E-state index in [9.17, 15) is 9.59 Å². The highest BCUT2D eigenvalue weighted by atomic mass is 79.9. The van der Waals surface area contributed by atoms with E-state index in [0.29, 0.717) is 36.0 Å². The fraction of sp³-hybridized carbons (Fsp3) is 0.400. The van der Waals surface area contributed by atoms with E-state index in [0.717, 1.165) is 12.8 Å². The van der Waals surface area contributed by atoms with Crippen molar-refractivity contribution in [3.8, 4) is 0 Å². The van der Waals surface area contributed by atoms with Gasteiger partial charge in [0.1, 0.15) is 0 Å². The molecule has 0 bridgehead atoms. The molecule has 0 aromatic carbocycles. The number of hydrogen-bond donors (Lipinski definition) is 0. The number of carbonyl (C=O) groups is 1. The highest BCUT2D eigenvalue weighted by Crippen LogP contribution is 2.22. The average Bonchev–Trinajstić information content (AvgIpc) is 2.96. The van der Waals surface area contributed by atoms with Crippen LogP contribution in [0, 0.1) is 5.92 Å². The van der Waals surface area contributed by atoms with Crippen LogP contribution in [-0.2, 0) is 6.54 Å². The van der Waals surface area contributed by atoms with Gasteiger partial charge in [0.05, 0.1) is 6.33 Å². The van der Waals surface area contributed by atoms with Gasteiger partial charge >= 0.3 is 0 Å². The van der Waals surface area contributed by atoms with Gasteiger partial charge in [-0.05, 0) is 46.8 Å². The van der Waals surface area contributed by atoms with Crippen LogP contribution in [0.2, 0.25) is 0 Å². The van der Waals surface area contributed by atoms with Gasteiger partial charge in [-0.3, -0.25) is 14.2 Å². The lowest BCUT2D eigenvalue weighted by Crippen LogP contribution is -2.39. The van der Waals surface area contributed by atoms with Gasteiger partial charge in [0.25, 0.3) is 11.5 Å². The van der Waals surface area contributed by atoms with Gasteiger partial charge in [-0.1, -0.05) is 0 Å². The molecule has 0 spiro atoms. The van der Waals surface area contributed by atoms with E-state index in [-0.39, 0.29) is 11.5 Å². The molecule has 1 saturated heterocycles. The number of rotatable bonds is 3. The Hall–Kier alpha value is -1.89. The summed E-state index contributed by atoms with van der Waals surface area (Å²) >= 11 is 3.20. The molecule has 1 fully saturated rings. The Balaban J connectivity index is 1.57. The van der Waals surface area contributed by atoms with E-state index in [1.807, 2.05) is 0 Å². The Morgan fingerprint density at radius 2 is 2.09 bits per heavy atom. The van der Waals surface area contributed by atoms with Crippen molar-refractivity contribution in [2.75, 3.05) is 13.1 Å². The quantitative estimate of drug-likeness (QED) is 0.835. The minimum absolute atomic E-state index is 0.0334. The van der Waals surface area contributed by atoms with Crippen LogP contribution in [0.4, 0.5) is 0 Å². The topological polar surface area (TPSA) is 68.3 Å². The van der Waals surface area contributed by atoms with Crippen LogP contribution >= 0.6 is 15.9 Å². The second kappa shape index (κ2) is 6.48. The molecule has 1 aliphatic heterocycles. The Kier molecular flexibility index (Phi) is 4.42. The van der Waals surface area contributed by atoms with Gasteiger partial charge in [0.2, 0.25) is 0 Å². The van der Waals surface area contributed by atoms with E-state index < -0.39 is 0 Å². The van der Waals surface area contributed by atoms with Gasteiger partial charge in [0, 0.05) is 31.9 Å². The summed E-state index contributed by atoms with van der Waals surface area (Å²) in [4.78, 5) is 29.7. The number of furan rings is 1.